The molecule has 0 bridgehead atoms. The topological polar surface area (TPSA) is 84.9 Å². The van der Waals surface area contributed by atoms with Crippen molar-refractivity contribution < 1.29 is 22.7 Å². The first kappa shape index (κ1) is 22.5. The highest BCUT2D eigenvalue weighted by Gasteiger charge is 2.20. The summed E-state index contributed by atoms with van der Waals surface area (Å²) < 4.78 is 36.7. The predicted octanol–water partition coefficient (Wildman–Crippen LogP) is 2.71. The van der Waals surface area contributed by atoms with Crippen molar-refractivity contribution in [2.24, 2.45) is 0 Å². The van der Waals surface area contributed by atoms with Gasteiger partial charge in [-0.2, -0.15) is 0 Å². The molecular formula is C20H32N2O5S. The molecule has 1 aromatic carbocycles. The van der Waals surface area contributed by atoms with Crippen molar-refractivity contribution in [2.75, 3.05) is 37.4 Å². The van der Waals surface area contributed by atoms with Crippen LogP contribution in [0.4, 0.5) is 5.69 Å². The summed E-state index contributed by atoms with van der Waals surface area (Å²) in [6.07, 6.45) is 7.84. The van der Waals surface area contributed by atoms with Gasteiger partial charge in [0, 0.05) is 26.1 Å². The van der Waals surface area contributed by atoms with Gasteiger partial charge in [-0.05, 0) is 37.8 Å². The van der Waals surface area contributed by atoms with Crippen molar-refractivity contribution in [1.29, 1.82) is 0 Å². The van der Waals surface area contributed by atoms with Crippen molar-refractivity contribution in [3.63, 3.8) is 0 Å². The van der Waals surface area contributed by atoms with E-state index >= 15 is 0 Å². The number of carbonyl (C=O) groups excluding carboxylic acids is 1. The lowest BCUT2D eigenvalue weighted by Crippen LogP contribution is -2.32. The van der Waals surface area contributed by atoms with Crippen LogP contribution in [0.5, 0.6) is 5.75 Å². The number of amides is 1. The van der Waals surface area contributed by atoms with Crippen LogP contribution in [0, 0.1) is 0 Å². The van der Waals surface area contributed by atoms with Gasteiger partial charge in [0.25, 0.3) is 0 Å². The van der Waals surface area contributed by atoms with Crippen LogP contribution in [0.25, 0.3) is 0 Å². The van der Waals surface area contributed by atoms with Crippen LogP contribution >= 0.6 is 0 Å². The molecule has 0 aliphatic heterocycles. The summed E-state index contributed by atoms with van der Waals surface area (Å²) in [5, 5.41) is 2.87. The van der Waals surface area contributed by atoms with Crippen LogP contribution in [-0.4, -0.2) is 53.5 Å². The molecule has 1 aliphatic carbocycles. The number of rotatable bonds is 12. The first-order chi connectivity index (χ1) is 13.4. The largest absolute Gasteiger partial charge is 0.495 e. The monoisotopic (exact) mass is 412 g/mol. The van der Waals surface area contributed by atoms with Crippen LogP contribution < -0.4 is 14.4 Å². The molecule has 0 spiro atoms. The van der Waals surface area contributed by atoms with Crippen molar-refractivity contribution in [2.45, 2.75) is 51.0 Å². The Kier molecular flexibility index (Phi) is 9.05. The summed E-state index contributed by atoms with van der Waals surface area (Å²) in [7, 11) is -1.97. The quantitative estimate of drug-likeness (QED) is 0.534. The molecule has 8 heteroatoms. The molecule has 1 saturated carbocycles. The molecule has 1 aliphatic rings. The number of methoxy groups -OCH3 is 1. The third kappa shape index (κ3) is 7.31. The Morgan fingerprint density at radius 1 is 1.21 bits per heavy atom. The van der Waals surface area contributed by atoms with E-state index in [0.29, 0.717) is 37.1 Å². The minimum atomic E-state index is -3.48. The second-order valence-electron chi connectivity index (χ2n) is 7.09. The van der Waals surface area contributed by atoms with E-state index < -0.39 is 10.0 Å². The maximum absolute atomic E-state index is 12.2. The SMILES string of the molecule is COc1ccccc1N(CCCC(=O)NCCCOC1CCCC1)S(C)(=O)=O. The molecule has 1 aromatic rings. The Morgan fingerprint density at radius 2 is 1.93 bits per heavy atom. The van der Waals surface area contributed by atoms with Gasteiger partial charge in [0.05, 0.1) is 25.2 Å². The molecule has 1 fully saturated rings. The number of hydrogen-bond acceptors (Lipinski definition) is 5. The third-order valence-electron chi connectivity index (χ3n) is 4.82. The maximum Gasteiger partial charge on any atom is 0.232 e. The molecule has 0 atom stereocenters. The standard InChI is InChI=1S/C20H32N2O5S/c1-26-19-12-6-5-11-18(19)22(28(2,24)25)15-7-13-20(23)21-14-8-16-27-17-9-3-4-10-17/h5-6,11-12,17H,3-4,7-10,13-16H2,1-2H3,(H,21,23). The Morgan fingerprint density at radius 3 is 2.61 bits per heavy atom. The van der Waals surface area contributed by atoms with Crippen molar-refractivity contribution in [3.05, 3.63) is 24.3 Å². The zero-order valence-corrected chi connectivity index (χ0v) is 17.7. The van der Waals surface area contributed by atoms with Gasteiger partial charge in [-0.15, -0.1) is 0 Å². The summed E-state index contributed by atoms with van der Waals surface area (Å²) in [5.74, 6) is 0.411. The second-order valence-corrected chi connectivity index (χ2v) is 9.00. The Bertz CT molecular complexity index is 717. The van der Waals surface area contributed by atoms with E-state index in [0.717, 1.165) is 25.5 Å². The third-order valence-corrected chi connectivity index (χ3v) is 6.00. The summed E-state index contributed by atoms with van der Waals surface area (Å²) >= 11 is 0. The fourth-order valence-electron chi connectivity index (χ4n) is 3.38. The number of nitrogens with zero attached hydrogens (tertiary/aromatic N) is 1. The van der Waals surface area contributed by atoms with Gasteiger partial charge in [0.2, 0.25) is 15.9 Å². The maximum atomic E-state index is 12.2. The fourth-order valence-corrected chi connectivity index (χ4v) is 4.35. The number of sulfonamides is 1. The molecule has 0 unspecified atom stereocenters. The normalized spacial score (nSPS) is 14.8. The lowest BCUT2D eigenvalue weighted by molar-refractivity contribution is -0.121. The smallest absolute Gasteiger partial charge is 0.232 e. The van der Waals surface area contributed by atoms with Crippen LogP contribution in [0.1, 0.15) is 44.9 Å². The number of nitrogens with one attached hydrogen (secondary N) is 1. The predicted molar refractivity (Wildman–Crippen MR) is 110 cm³/mol. The van der Waals surface area contributed by atoms with Gasteiger partial charge >= 0.3 is 0 Å². The fraction of sp³-hybridized carbons (Fsp3) is 0.650. The minimum absolute atomic E-state index is 0.0747. The molecule has 1 amide bonds. The van der Waals surface area contributed by atoms with Gasteiger partial charge in [-0.25, -0.2) is 8.42 Å². The molecule has 0 heterocycles. The van der Waals surface area contributed by atoms with Gasteiger partial charge in [0.15, 0.2) is 0 Å². The van der Waals surface area contributed by atoms with E-state index in [1.807, 2.05) is 0 Å². The molecule has 0 aromatic heterocycles. The van der Waals surface area contributed by atoms with Crippen LogP contribution in [0.3, 0.4) is 0 Å². The molecule has 0 radical (unpaired) electrons. The van der Waals surface area contributed by atoms with Crippen LogP contribution in [0.15, 0.2) is 24.3 Å². The lowest BCUT2D eigenvalue weighted by atomic mass is 10.2. The van der Waals surface area contributed by atoms with E-state index in [2.05, 4.69) is 5.32 Å². The number of ether oxygens (including phenoxy) is 2. The molecule has 7 nitrogen and oxygen atoms in total. The number of hydrogen-bond donors (Lipinski definition) is 1. The average molecular weight is 413 g/mol. The Hall–Kier alpha value is -1.80. The second kappa shape index (κ2) is 11.3. The van der Waals surface area contributed by atoms with Crippen molar-refractivity contribution in [3.8, 4) is 5.75 Å². The minimum Gasteiger partial charge on any atom is -0.495 e. The lowest BCUT2D eigenvalue weighted by Gasteiger charge is -2.24. The molecule has 1 N–H and O–H groups in total. The molecule has 28 heavy (non-hydrogen) atoms. The van der Waals surface area contributed by atoms with Crippen molar-refractivity contribution >= 4 is 21.6 Å². The van der Waals surface area contributed by atoms with Crippen LogP contribution in [0.2, 0.25) is 0 Å². The summed E-state index contributed by atoms with van der Waals surface area (Å²) in [5.41, 5.74) is 0.483. The van der Waals surface area contributed by atoms with E-state index in [-0.39, 0.29) is 18.9 Å². The first-order valence-electron chi connectivity index (χ1n) is 9.91. The van der Waals surface area contributed by atoms with Gasteiger partial charge in [0.1, 0.15) is 5.75 Å². The highest BCUT2D eigenvalue weighted by atomic mass is 32.2. The van der Waals surface area contributed by atoms with Crippen molar-refractivity contribution in [1.82, 2.24) is 5.32 Å². The molecule has 0 saturated heterocycles. The molecule has 158 valence electrons. The average Bonchev–Trinajstić information content (AvgIpc) is 3.17. The Labute approximate surface area is 168 Å². The van der Waals surface area contributed by atoms with E-state index in [9.17, 15) is 13.2 Å². The summed E-state index contributed by atoms with van der Waals surface area (Å²) in [6, 6.07) is 6.96. The highest BCUT2D eigenvalue weighted by molar-refractivity contribution is 7.92. The van der Waals surface area contributed by atoms with E-state index in [1.165, 1.54) is 24.3 Å². The highest BCUT2D eigenvalue weighted by Crippen LogP contribution is 2.29. The molecular weight excluding hydrogens is 380 g/mol. The Balaban J connectivity index is 1.72. The van der Waals surface area contributed by atoms with E-state index in [4.69, 9.17) is 9.47 Å². The van der Waals surface area contributed by atoms with Gasteiger partial charge < -0.3 is 14.8 Å². The summed E-state index contributed by atoms with van der Waals surface area (Å²) in [6.45, 7) is 1.46. The number of carbonyl (C=O) groups is 1. The number of para-hydroxylation sites is 2. The number of benzene rings is 1. The zero-order chi connectivity index (χ0) is 20.4. The van der Waals surface area contributed by atoms with Crippen LogP contribution in [-0.2, 0) is 19.6 Å². The molecule has 2 rings (SSSR count). The number of anilines is 1. The van der Waals surface area contributed by atoms with Gasteiger partial charge in [-0.1, -0.05) is 25.0 Å². The van der Waals surface area contributed by atoms with Gasteiger partial charge in [-0.3, -0.25) is 9.10 Å². The zero-order valence-electron chi connectivity index (χ0n) is 16.9. The first-order valence-corrected chi connectivity index (χ1v) is 11.8. The summed E-state index contributed by atoms with van der Waals surface area (Å²) in [4.78, 5) is 12.0. The van der Waals surface area contributed by atoms with E-state index in [1.54, 1.807) is 24.3 Å².